The van der Waals surface area contributed by atoms with Crippen molar-refractivity contribution in [2.24, 2.45) is 5.41 Å². The van der Waals surface area contributed by atoms with E-state index < -0.39 is 21.7 Å². The maximum absolute atomic E-state index is 13.3. The molecule has 0 saturated carbocycles. The van der Waals surface area contributed by atoms with Crippen LogP contribution in [0.1, 0.15) is 96.5 Å². The first-order valence-electron chi connectivity index (χ1n) is 13.2. The van der Waals surface area contributed by atoms with Gasteiger partial charge in [-0.2, -0.15) is 0 Å². The minimum absolute atomic E-state index is 0.105. The highest BCUT2D eigenvalue weighted by Crippen LogP contribution is 2.52. The van der Waals surface area contributed by atoms with Gasteiger partial charge in [-0.3, -0.25) is 4.98 Å². The fourth-order valence-electron chi connectivity index (χ4n) is 5.23. The van der Waals surface area contributed by atoms with Gasteiger partial charge in [0.25, 0.3) is 0 Å². The van der Waals surface area contributed by atoms with Crippen LogP contribution in [0, 0.1) is 5.41 Å². The Morgan fingerprint density at radius 1 is 1.25 bits per heavy atom. The normalized spacial score (nSPS) is 25.0. The van der Waals surface area contributed by atoms with Crippen molar-refractivity contribution >= 4 is 17.5 Å². The first kappa shape index (κ1) is 27.6. The number of fused-ring (bicyclic) bond motifs is 1. The highest BCUT2D eigenvalue weighted by molar-refractivity contribution is 7.90. The van der Waals surface area contributed by atoms with Crippen molar-refractivity contribution in [2.75, 3.05) is 19.7 Å². The van der Waals surface area contributed by atoms with Crippen LogP contribution in [0.15, 0.2) is 12.3 Å². The summed E-state index contributed by atoms with van der Waals surface area (Å²) >= 11 is -1.24. The van der Waals surface area contributed by atoms with Gasteiger partial charge in [-0.15, -0.1) is 4.72 Å². The number of hydrogen-bond donors (Lipinski definition) is 1. The monoisotopic (exact) mass is 521 g/mol. The zero-order valence-electron chi connectivity index (χ0n) is 22.7. The third-order valence-corrected chi connectivity index (χ3v) is 8.83. The van der Waals surface area contributed by atoms with Crippen molar-refractivity contribution in [3.63, 3.8) is 0 Å². The number of nitrogens with zero attached hydrogens (tertiary/aromatic N) is 2. The standard InChI is InChI=1S/C27H43N3O5S/c1-25(2,3)35-24(31)30-12-10-27(11-13-30)16-21-20(23(27)29-36(32)26(4,5)6)15-19(17-28-21)18-34-22-9-7-8-14-33-22/h15,17,22-23,29H,7-14,16,18H2,1-6H3/t22?,23-,36-/m1/s1. The Hall–Kier alpha value is -1.39. The van der Waals surface area contributed by atoms with Gasteiger partial charge in [0.2, 0.25) is 0 Å². The molecule has 1 amide bonds. The molecular weight excluding hydrogens is 478 g/mol. The summed E-state index contributed by atoms with van der Waals surface area (Å²) in [6.45, 7) is 14.0. The first-order chi connectivity index (χ1) is 16.9. The lowest BCUT2D eigenvalue weighted by molar-refractivity contribution is -0.168. The van der Waals surface area contributed by atoms with Crippen molar-refractivity contribution in [3.8, 4) is 0 Å². The second-order valence-electron chi connectivity index (χ2n) is 12.4. The van der Waals surface area contributed by atoms with E-state index in [1.807, 2.05) is 47.7 Å². The topological polar surface area (TPSA) is 96.0 Å². The number of aromatic nitrogens is 1. The van der Waals surface area contributed by atoms with E-state index in [0.717, 1.165) is 62.0 Å². The quantitative estimate of drug-likeness (QED) is 0.557. The van der Waals surface area contributed by atoms with E-state index in [2.05, 4.69) is 10.8 Å². The van der Waals surface area contributed by atoms with Gasteiger partial charge in [0.1, 0.15) is 10.3 Å². The van der Waals surface area contributed by atoms with E-state index in [-0.39, 0.29) is 23.8 Å². The number of piperidine rings is 1. The van der Waals surface area contributed by atoms with Crippen LogP contribution in [0.25, 0.3) is 0 Å². The molecule has 1 spiro atoms. The van der Waals surface area contributed by atoms with E-state index in [4.69, 9.17) is 19.2 Å². The maximum Gasteiger partial charge on any atom is 0.410 e. The van der Waals surface area contributed by atoms with Gasteiger partial charge in [-0.05, 0) is 97.3 Å². The zero-order chi connectivity index (χ0) is 26.1. The summed E-state index contributed by atoms with van der Waals surface area (Å²) in [6, 6.07) is 2.06. The number of carbonyl (C=O) groups is 1. The lowest BCUT2D eigenvalue weighted by Gasteiger charge is -2.43. The van der Waals surface area contributed by atoms with Crippen LogP contribution >= 0.6 is 0 Å². The number of pyridine rings is 1. The van der Waals surface area contributed by atoms with Gasteiger partial charge >= 0.3 is 6.09 Å². The van der Waals surface area contributed by atoms with Crippen LogP contribution in [0.3, 0.4) is 0 Å². The SMILES string of the molecule is CC(C)(C)OC(=O)N1CCC2(CC1)Cc1ncc(COC3CCCCO3)cc1[C@H]2N[S@+]([O-])C(C)(C)C. The average Bonchev–Trinajstić information content (AvgIpc) is 3.09. The molecule has 8 nitrogen and oxygen atoms in total. The van der Waals surface area contributed by atoms with Crippen molar-refractivity contribution in [1.82, 2.24) is 14.6 Å². The molecule has 1 aromatic rings. The summed E-state index contributed by atoms with van der Waals surface area (Å²) in [7, 11) is 0. The maximum atomic E-state index is 13.3. The zero-order valence-corrected chi connectivity index (χ0v) is 23.5. The Morgan fingerprint density at radius 3 is 2.58 bits per heavy atom. The molecule has 3 atom stereocenters. The molecule has 4 rings (SSSR count). The molecule has 0 aromatic carbocycles. The molecular formula is C27H43N3O5S. The van der Waals surface area contributed by atoms with Gasteiger partial charge in [0.05, 0.1) is 12.6 Å². The Morgan fingerprint density at radius 2 is 1.97 bits per heavy atom. The molecule has 36 heavy (non-hydrogen) atoms. The van der Waals surface area contributed by atoms with Gasteiger partial charge in [-0.1, -0.05) is 0 Å². The molecule has 2 saturated heterocycles. The Bertz CT molecular complexity index is 915. The van der Waals surface area contributed by atoms with E-state index in [1.165, 1.54) is 0 Å². The lowest BCUT2D eigenvalue weighted by Crippen LogP contribution is -2.51. The highest BCUT2D eigenvalue weighted by Gasteiger charge is 2.52. The van der Waals surface area contributed by atoms with E-state index in [0.29, 0.717) is 19.7 Å². The fourth-order valence-corrected chi connectivity index (χ4v) is 6.17. The number of hydrogen-bond acceptors (Lipinski definition) is 7. The molecule has 0 bridgehead atoms. The van der Waals surface area contributed by atoms with Crippen LogP contribution in [0.5, 0.6) is 0 Å². The number of nitrogens with one attached hydrogen (secondary N) is 1. The van der Waals surface area contributed by atoms with Gasteiger partial charge in [0, 0.05) is 48.4 Å². The lowest BCUT2D eigenvalue weighted by atomic mass is 9.73. The van der Waals surface area contributed by atoms with Crippen molar-refractivity contribution < 1.29 is 23.6 Å². The Labute approximate surface area is 219 Å². The van der Waals surface area contributed by atoms with E-state index >= 15 is 0 Å². The van der Waals surface area contributed by atoms with Crippen molar-refractivity contribution in [3.05, 3.63) is 29.1 Å². The van der Waals surface area contributed by atoms with E-state index in [9.17, 15) is 9.35 Å². The van der Waals surface area contributed by atoms with Gasteiger partial charge in [0.15, 0.2) is 6.29 Å². The second kappa shape index (κ2) is 10.8. The molecule has 1 N–H and O–H groups in total. The van der Waals surface area contributed by atoms with Crippen molar-refractivity contribution in [1.29, 1.82) is 0 Å². The number of ether oxygens (including phenoxy) is 3. The molecule has 1 unspecified atom stereocenters. The molecule has 202 valence electrons. The second-order valence-corrected chi connectivity index (χ2v) is 14.4. The molecule has 1 aliphatic carbocycles. The average molecular weight is 522 g/mol. The van der Waals surface area contributed by atoms with Crippen LogP contribution < -0.4 is 4.72 Å². The van der Waals surface area contributed by atoms with Gasteiger partial charge < -0.3 is 23.7 Å². The molecule has 0 radical (unpaired) electrons. The number of likely N-dealkylation sites (tertiary alicyclic amines) is 1. The third-order valence-electron chi connectivity index (χ3n) is 7.27. The fraction of sp³-hybridized carbons (Fsp3) is 0.778. The molecule has 9 heteroatoms. The van der Waals surface area contributed by atoms with Crippen LogP contribution in [0.2, 0.25) is 0 Å². The van der Waals surface area contributed by atoms with Gasteiger partial charge in [-0.25, -0.2) is 4.79 Å². The summed E-state index contributed by atoms with van der Waals surface area (Å²) in [5.74, 6) is 0. The van der Waals surface area contributed by atoms with Crippen molar-refractivity contribution in [2.45, 2.75) is 109 Å². The summed E-state index contributed by atoms with van der Waals surface area (Å²) < 4.78 is 33.7. The summed E-state index contributed by atoms with van der Waals surface area (Å²) in [4.78, 5) is 19.3. The predicted octanol–water partition coefficient (Wildman–Crippen LogP) is 4.79. The molecule has 2 fully saturated rings. The Kier molecular flexibility index (Phi) is 8.27. The van der Waals surface area contributed by atoms with Crippen LogP contribution in [-0.4, -0.2) is 56.9 Å². The molecule has 3 heterocycles. The van der Waals surface area contributed by atoms with Crippen LogP contribution in [0.4, 0.5) is 4.79 Å². The van der Waals surface area contributed by atoms with E-state index in [1.54, 1.807) is 4.90 Å². The molecule has 1 aromatic heterocycles. The third kappa shape index (κ3) is 6.54. The largest absolute Gasteiger partial charge is 0.598 e. The smallest absolute Gasteiger partial charge is 0.410 e. The minimum atomic E-state index is -1.24. The molecule has 2 aliphatic heterocycles. The number of rotatable bonds is 5. The highest BCUT2D eigenvalue weighted by atomic mass is 32.2. The van der Waals surface area contributed by atoms with Crippen LogP contribution in [-0.2, 0) is 38.6 Å². The number of amides is 1. The summed E-state index contributed by atoms with van der Waals surface area (Å²) in [6.07, 6.45) is 7.00. The predicted molar refractivity (Wildman–Crippen MR) is 140 cm³/mol. The Balaban J connectivity index is 1.51. The first-order valence-corrected chi connectivity index (χ1v) is 14.4. The minimum Gasteiger partial charge on any atom is -0.598 e. The molecule has 3 aliphatic rings. The summed E-state index contributed by atoms with van der Waals surface area (Å²) in [5.41, 5.74) is 2.47. The summed E-state index contributed by atoms with van der Waals surface area (Å²) in [5, 5.41) is 0. The number of carbonyl (C=O) groups excluding carboxylic acids is 1.